The van der Waals surface area contributed by atoms with E-state index in [1.54, 1.807) is 7.11 Å². The highest BCUT2D eigenvalue weighted by atomic mass is 16.5. The zero-order valence-corrected chi connectivity index (χ0v) is 19.3. The summed E-state index contributed by atoms with van der Waals surface area (Å²) in [6.45, 7) is 3.70. The molecule has 32 heavy (non-hydrogen) atoms. The van der Waals surface area contributed by atoms with Crippen molar-refractivity contribution in [2.24, 2.45) is 13.0 Å². The highest BCUT2D eigenvalue weighted by molar-refractivity contribution is 5.90. The van der Waals surface area contributed by atoms with Gasteiger partial charge in [-0.1, -0.05) is 6.92 Å². The molecule has 3 aliphatic rings. The van der Waals surface area contributed by atoms with E-state index >= 15 is 0 Å². The number of aliphatic hydroxyl groups is 1. The molecule has 172 valence electrons. The van der Waals surface area contributed by atoms with Crippen LogP contribution in [-0.4, -0.2) is 64.6 Å². The monoisotopic (exact) mass is 439 g/mol. The van der Waals surface area contributed by atoms with Crippen molar-refractivity contribution in [3.8, 4) is 5.75 Å². The van der Waals surface area contributed by atoms with Crippen molar-refractivity contribution in [2.45, 2.75) is 50.5 Å². The molecule has 0 radical (unpaired) electrons. The van der Waals surface area contributed by atoms with Crippen LogP contribution in [-0.2, 0) is 22.1 Å². The Morgan fingerprint density at radius 2 is 1.94 bits per heavy atom. The molecule has 0 unspecified atom stereocenters. The molecule has 1 N–H and O–H groups in total. The van der Waals surface area contributed by atoms with Gasteiger partial charge in [0, 0.05) is 56.7 Å². The minimum Gasteiger partial charge on any atom is -0.497 e. The fourth-order valence-corrected chi connectivity index (χ4v) is 5.80. The number of amides is 2. The van der Waals surface area contributed by atoms with Crippen molar-refractivity contribution in [3.63, 3.8) is 0 Å². The quantitative estimate of drug-likeness (QED) is 0.751. The summed E-state index contributed by atoms with van der Waals surface area (Å²) in [7, 11) is 3.66. The first-order chi connectivity index (χ1) is 15.4. The number of hydrogen-bond donors (Lipinski definition) is 1. The molecule has 2 fully saturated rings. The van der Waals surface area contributed by atoms with Gasteiger partial charge < -0.3 is 24.2 Å². The number of aryl methyl sites for hydroxylation is 1. The lowest BCUT2D eigenvalue weighted by atomic mass is 9.68. The second kappa shape index (κ2) is 7.80. The number of hydrogen-bond acceptors (Lipinski definition) is 4. The number of benzene rings is 1. The first-order valence-corrected chi connectivity index (χ1v) is 11.8. The maximum absolute atomic E-state index is 13.3. The summed E-state index contributed by atoms with van der Waals surface area (Å²) in [6.07, 6.45) is 4.18. The molecule has 2 aromatic rings. The van der Waals surface area contributed by atoms with E-state index in [0.29, 0.717) is 38.4 Å². The third-order valence-corrected chi connectivity index (χ3v) is 7.61. The smallest absolute Gasteiger partial charge is 0.223 e. The number of aliphatic hydroxyl groups excluding tert-OH is 1. The first kappa shape index (κ1) is 21.3. The molecule has 1 aromatic heterocycles. The van der Waals surface area contributed by atoms with Crippen LogP contribution in [0.3, 0.4) is 0 Å². The van der Waals surface area contributed by atoms with Gasteiger partial charge in [0.1, 0.15) is 5.75 Å². The minimum absolute atomic E-state index is 0.112. The molecule has 3 heterocycles. The number of carbonyl (C=O) groups is 2. The Hall–Kier alpha value is -2.54. The van der Waals surface area contributed by atoms with Gasteiger partial charge in [-0.15, -0.1) is 0 Å². The summed E-state index contributed by atoms with van der Waals surface area (Å²) in [5, 5.41) is 11.6. The van der Waals surface area contributed by atoms with Gasteiger partial charge in [0.15, 0.2) is 0 Å². The Kier molecular flexibility index (Phi) is 5.19. The highest BCUT2D eigenvalue weighted by Crippen LogP contribution is 2.50. The van der Waals surface area contributed by atoms with Gasteiger partial charge in [0.25, 0.3) is 0 Å². The standard InChI is InChI=1S/C25H33N3O4/c1-4-5-21(30)27-13-25(14-27)15-28(22(31)10-16-6-7-16)20(12-29)24-23(25)18-9-8-17(32-3)11-19(18)26(24)2/h8-9,11,16,20,29H,4-7,10,12-15H2,1-3H3/t20-/m0/s1. The molecule has 2 aliphatic heterocycles. The van der Waals surface area contributed by atoms with Gasteiger partial charge in [0.2, 0.25) is 11.8 Å². The second-order valence-electron chi connectivity index (χ2n) is 9.85. The Balaban J connectivity index is 1.62. The summed E-state index contributed by atoms with van der Waals surface area (Å²) in [4.78, 5) is 29.7. The average molecular weight is 440 g/mol. The topological polar surface area (TPSA) is 75.0 Å². The van der Waals surface area contributed by atoms with E-state index in [1.165, 1.54) is 5.56 Å². The van der Waals surface area contributed by atoms with Crippen LogP contribution in [0.1, 0.15) is 56.3 Å². The number of carbonyl (C=O) groups excluding carboxylic acids is 2. The number of aromatic nitrogens is 1. The van der Waals surface area contributed by atoms with Crippen LogP contribution in [0.4, 0.5) is 0 Å². The summed E-state index contributed by atoms with van der Waals surface area (Å²) in [5.74, 6) is 1.57. The molecule has 1 saturated carbocycles. The number of nitrogens with zero attached hydrogens (tertiary/aromatic N) is 3. The summed E-state index contributed by atoms with van der Waals surface area (Å²) >= 11 is 0. The zero-order valence-electron chi connectivity index (χ0n) is 19.3. The van der Waals surface area contributed by atoms with Crippen molar-refractivity contribution in [2.75, 3.05) is 33.4 Å². The Labute approximate surface area is 188 Å². The van der Waals surface area contributed by atoms with Crippen LogP contribution in [0.2, 0.25) is 0 Å². The summed E-state index contributed by atoms with van der Waals surface area (Å²) in [5.41, 5.74) is 2.92. The maximum atomic E-state index is 13.3. The number of rotatable bonds is 6. The van der Waals surface area contributed by atoms with Gasteiger partial charge in [-0.2, -0.15) is 0 Å². The largest absolute Gasteiger partial charge is 0.497 e. The second-order valence-corrected chi connectivity index (χ2v) is 9.85. The minimum atomic E-state index is -0.370. The van der Waals surface area contributed by atoms with Gasteiger partial charge in [0.05, 0.1) is 30.7 Å². The average Bonchev–Trinajstić information content (AvgIpc) is 3.53. The molecule has 7 nitrogen and oxygen atoms in total. The number of ether oxygens (including phenoxy) is 1. The van der Waals surface area contributed by atoms with Gasteiger partial charge in [-0.25, -0.2) is 0 Å². The summed E-state index contributed by atoms with van der Waals surface area (Å²) in [6, 6.07) is 5.70. The molecule has 1 saturated heterocycles. The van der Waals surface area contributed by atoms with Crippen molar-refractivity contribution in [1.82, 2.24) is 14.4 Å². The normalized spacial score (nSPS) is 21.6. The third-order valence-electron chi connectivity index (χ3n) is 7.61. The van der Waals surface area contributed by atoms with Gasteiger partial charge >= 0.3 is 0 Å². The lowest BCUT2D eigenvalue weighted by Crippen LogP contribution is -2.68. The van der Waals surface area contributed by atoms with Crippen molar-refractivity contribution >= 4 is 22.7 Å². The molecule has 5 rings (SSSR count). The summed E-state index contributed by atoms with van der Waals surface area (Å²) < 4.78 is 7.57. The van der Waals surface area contributed by atoms with Crippen LogP contribution >= 0.6 is 0 Å². The van der Waals surface area contributed by atoms with Crippen LogP contribution in [0.25, 0.3) is 10.9 Å². The van der Waals surface area contributed by atoms with Crippen LogP contribution in [0.5, 0.6) is 5.75 Å². The van der Waals surface area contributed by atoms with Crippen LogP contribution in [0, 0.1) is 5.92 Å². The molecule has 7 heteroatoms. The highest BCUT2D eigenvalue weighted by Gasteiger charge is 2.55. The third kappa shape index (κ3) is 3.20. The predicted octanol–water partition coefficient (Wildman–Crippen LogP) is 2.74. The number of methoxy groups -OCH3 is 1. The Morgan fingerprint density at radius 3 is 2.56 bits per heavy atom. The molecule has 1 spiro atoms. The SMILES string of the molecule is CCCC(=O)N1CC2(C1)CN(C(=O)CC1CC1)[C@@H](CO)c1c2c2ccc(OC)cc2n1C. The lowest BCUT2D eigenvalue weighted by molar-refractivity contribution is -0.145. The predicted molar refractivity (Wildman–Crippen MR) is 122 cm³/mol. The number of fused-ring (bicyclic) bond motifs is 4. The molecule has 1 aliphatic carbocycles. The van der Waals surface area contributed by atoms with Crippen molar-refractivity contribution < 1.29 is 19.4 Å². The Bertz CT molecular complexity index is 1060. The van der Waals surface area contributed by atoms with E-state index in [9.17, 15) is 14.7 Å². The van der Waals surface area contributed by atoms with Crippen molar-refractivity contribution in [3.05, 3.63) is 29.5 Å². The van der Waals surface area contributed by atoms with E-state index in [0.717, 1.165) is 41.6 Å². The lowest BCUT2D eigenvalue weighted by Gasteiger charge is -2.56. The van der Waals surface area contributed by atoms with Gasteiger partial charge in [-0.3, -0.25) is 9.59 Å². The molecule has 2 amide bonds. The van der Waals surface area contributed by atoms with E-state index in [-0.39, 0.29) is 29.9 Å². The van der Waals surface area contributed by atoms with Crippen LogP contribution in [0.15, 0.2) is 18.2 Å². The van der Waals surface area contributed by atoms with Crippen molar-refractivity contribution in [1.29, 1.82) is 0 Å². The maximum Gasteiger partial charge on any atom is 0.223 e. The fraction of sp³-hybridized carbons (Fsp3) is 0.600. The van der Waals surface area contributed by atoms with Gasteiger partial charge in [-0.05, 0) is 42.9 Å². The first-order valence-electron chi connectivity index (χ1n) is 11.8. The zero-order chi connectivity index (χ0) is 22.6. The molecule has 1 aromatic carbocycles. The molecule has 0 bridgehead atoms. The van der Waals surface area contributed by atoms with E-state index < -0.39 is 0 Å². The van der Waals surface area contributed by atoms with E-state index in [2.05, 4.69) is 10.6 Å². The molecule has 1 atom stereocenters. The number of likely N-dealkylation sites (tertiary alicyclic amines) is 1. The van der Waals surface area contributed by atoms with E-state index in [1.807, 2.05) is 35.9 Å². The van der Waals surface area contributed by atoms with Crippen LogP contribution < -0.4 is 4.74 Å². The molecular weight excluding hydrogens is 406 g/mol. The fourth-order valence-electron chi connectivity index (χ4n) is 5.80. The molecular formula is C25H33N3O4. The Morgan fingerprint density at radius 1 is 1.19 bits per heavy atom. The van der Waals surface area contributed by atoms with E-state index in [4.69, 9.17) is 4.74 Å².